The highest BCUT2D eigenvalue weighted by Crippen LogP contribution is 2.54. The Hall–Kier alpha value is -1.78. The molecule has 0 aromatic heterocycles. The fourth-order valence-electron chi connectivity index (χ4n) is 5.17. The first kappa shape index (κ1) is 25.8. The van der Waals surface area contributed by atoms with Gasteiger partial charge in [0.2, 0.25) is 5.91 Å². The molecule has 2 fully saturated rings. The van der Waals surface area contributed by atoms with Crippen LogP contribution in [0.1, 0.15) is 34.1 Å². The third-order valence-electron chi connectivity index (χ3n) is 7.05. The lowest BCUT2D eigenvalue weighted by Crippen LogP contribution is -2.70. The fourth-order valence-corrected chi connectivity index (χ4v) is 7.75. The van der Waals surface area contributed by atoms with Crippen molar-refractivity contribution >= 4 is 38.8 Å². The third kappa shape index (κ3) is 4.49. The van der Waals surface area contributed by atoms with Crippen molar-refractivity contribution in [2.45, 2.75) is 64.9 Å². The Kier molecular flexibility index (Phi) is 7.41. The molecule has 8 nitrogen and oxygen atoms in total. The van der Waals surface area contributed by atoms with Crippen LogP contribution < -0.4 is 0 Å². The van der Waals surface area contributed by atoms with Crippen molar-refractivity contribution in [2.75, 3.05) is 24.7 Å². The van der Waals surface area contributed by atoms with E-state index in [-0.39, 0.29) is 29.7 Å². The molecule has 0 aromatic rings. The van der Waals surface area contributed by atoms with E-state index in [0.29, 0.717) is 24.3 Å². The van der Waals surface area contributed by atoms with Crippen LogP contribution in [0.25, 0.3) is 0 Å². The predicted molar refractivity (Wildman–Crippen MR) is 131 cm³/mol. The second-order valence-corrected chi connectivity index (χ2v) is 13.8. The topological polar surface area (TPSA) is 96.4 Å². The molecule has 1 N–H and O–H groups in total. The van der Waals surface area contributed by atoms with Gasteiger partial charge < -0.3 is 19.2 Å². The van der Waals surface area contributed by atoms with Gasteiger partial charge in [0, 0.05) is 18.1 Å². The van der Waals surface area contributed by atoms with Crippen LogP contribution in [-0.4, -0.2) is 84.3 Å². The maximum atomic E-state index is 13.5. The first-order chi connectivity index (χ1) is 15.3. The average Bonchev–Trinajstić information content (AvgIpc) is 3.05. The molecular weight excluding hydrogens is 460 g/mol. The van der Waals surface area contributed by atoms with E-state index in [9.17, 15) is 19.5 Å². The molecule has 0 aliphatic carbocycles. The Bertz CT molecular complexity index is 870. The molecule has 0 spiro atoms. The molecule has 0 saturated carbocycles. The van der Waals surface area contributed by atoms with Gasteiger partial charge in [-0.1, -0.05) is 33.4 Å². The minimum absolute atomic E-state index is 0.0216. The Morgan fingerprint density at radius 1 is 1.30 bits per heavy atom. The van der Waals surface area contributed by atoms with Crippen LogP contribution in [0.15, 0.2) is 23.9 Å². The van der Waals surface area contributed by atoms with E-state index < -0.39 is 38.7 Å². The summed E-state index contributed by atoms with van der Waals surface area (Å²) in [5, 5.41) is 10.1. The molecular formula is C23H36N2O6SSi. The number of hydrogen-bond acceptors (Lipinski definition) is 6. The van der Waals surface area contributed by atoms with Gasteiger partial charge in [-0.05, 0) is 37.4 Å². The molecule has 4 atom stereocenters. The van der Waals surface area contributed by atoms with Gasteiger partial charge in [0.05, 0.1) is 23.6 Å². The van der Waals surface area contributed by atoms with Gasteiger partial charge in [0.15, 0.2) is 9.04 Å². The highest BCUT2D eigenvalue weighted by atomic mass is 32.2. The number of carboxylic acids is 1. The van der Waals surface area contributed by atoms with Crippen LogP contribution >= 0.6 is 11.8 Å². The largest absolute Gasteiger partial charge is 0.477 e. The van der Waals surface area contributed by atoms with Crippen molar-refractivity contribution in [3.05, 3.63) is 23.9 Å². The highest BCUT2D eigenvalue weighted by Gasteiger charge is 2.65. The lowest BCUT2D eigenvalue weighted by atomic mass is 9.63. The molecule has 3 aliphatic rings. The Balaban J connectivity index is 1.96. The Morgan fingerprint density at radius 3 is 2.52 bits per heavy atom. The molecule has 33 heavy (non-hydrogen) atoms. The summed E-state index contributed by atoms with van der Waals surface area (Å²) in [7, 11) is -1.49. The molecule has 2 amide bonds. The van der Waals surface area contributed by atoms with E-state index in [1.165, 1.54) is 11.0 Å². The van der Waals surface area contributed by atoms with Crippen LogP contribution in [0.5, 0.6) is 0 Å². The summed E-state index contributed by atoms with van der Waals surface area (Å²) in [5.41, 5.74) is -0.379. The minimum Gasteiger partial charge on any atom is -0.477 e. The zero-order chi connectivity index (χ0) is 24.7. The van der Waals surface area contributed by atoms with E-state index in [0.717, 1.165) is 5.75 Å². The van der Waals surface area contributed by atoms with Crippen molar-refractivity contribution in [3.8, 4) is 0 Å². The molecule has 0 radical (unpaired) electrons. The van der Waals surface area contributed by atoms with Crippen molar-refractivity contribution in [3.63, 3.8) is 0 Å². The lowest BCUT2D eigenvalue weighted by Gasteiger charge is -2.57. The molecule has 3 aliphatic heterocycles. The molecule has 184 valence electrons. The Labute approximate surface area is 202 Å². The number of carbonyl (C=O) groups is 3. The maximum absolute atomic E-state index is 13.5. The van der Waals surface area contributed by atoms with Crippen LogP contribution in [-0.2, 0) is 18.8 Å². The number of nitrogens with zero attached hydrogens (tertiary/aromatic N) is 2. The highest BCUT2D eigenvalue weighted by molar-refractivity contribution is 7.99. The zero-order valence-electron chi connectivity index (χ0n) is 20.4. The van der Waals surface area contributed by atoms with E-state index in [4.69, 9.17) is 9.16 Å². The van der Waals surface area contributed by atoms with E-state index in [1.54, 1.807) is 16.7 Å². The minimum atomic E-state index is -1.49. The van der Waals surface area contributed by atoms with Crippen LogP contribution in [0.3, 0.4) is 0 Å². The van der Waals surface area contributed by atoms with Crippen LogP contribution in [0.4, 0.5) is 4.79 Å². The van der Waals surface area contributed by atoms with Gasteiger partial charge in [-0.2, -0.15) is 11.8 Å². The van der Waals surface area contributed by atoms with Crippen molar-refractivity contribution in [1.82, 2.24) is 9.80 Å². The molecule has 0 bridgehead atoms. The lowest BCUT2D eigenvalue weighted by molar-refractivity contribution is -0.180. The van der Waals surface area contributed by atoms with Gasteiger partial charge in [-0.25, -0.2) is 9.59 Å². The fraction of sp³-hybridized carbons (Fsp3) is 0.696. The number of aliphatic carboxylic acids is 1. The van der Waals surface area contributed by atoms with Crippen molar-refractivity contribution < 1.29 is 28.7 Å². The number of carboxylic acid groups (broad SMARTS) is 1. The summed E-state index contributed by atoms with van der Waals surface area (Å²) in [5.74, 6) is -0.453. The number of rotatable bonds is 7. The number of fused-ring (bicyclic) bond motifs is 1. The molecule has 10 heteroatoms. The Morgan fingerprint density at radius 2 is 1.97 bits per heavy atom. The van der Waals surface area contributed by atoms with Crippen LogP contribution in [0, 0.1) is 11.3 Å². The molecule has 3 heterocycles. The summed E-state index contributed by atoms with van der Waals surface area (Å²) in [6, 6.07) is -0.707. The van der Waals surface area contributed by atoms with Gasteiger partial charge in [-0.3, -0.25) is 9.69 Å². The zero-order valence-corrected chi connectivity index (χ0v) is 22.4. The van der Waals surface area contributed by atoms with Gasteiger partial charge in [0.25, 0.3) is 0 Å². The molecule has 2 saturated heterocycles. The van der Waals surface area contributed by atoms with Crippen LogP contribution in [0.2, 0.25) is 13.1 Å². The number of amides is 2. The number of ether oxygens (including phenoxy) is 1. The van der Waals surface area contributed by atoms with Crippen molar-refractivity contribution in [1.29, 1.82) is 0 Å². The normalized spacial score (nSPS) is 27.2. The molecule has 3 rings (SSSR count). The summed E-state index contributed by atoms with van der Waals surface area (Å²) in [6.45, 7) is 16.5. The molecule has 1 unspecified atom stereocenters. The predicted octanol–water partition coefficient (Wildman–Crippen LogP) is 3.10. The van der Waals surface area contributed by atoms with Gasteiger partial charge in [0.1, 0.15) is 12.3 Å². The van der Waals surface area contributed by atoms with E-state index in [1.807, 2.05) is 6.92 Å². The third-order valence-corrected chi connectivity index (χ3v) is 9.03. The van der Waals surface area contributed by atoms with E-state index >= 15 is 0 Å². The quantitative estimate of drug-likeness (QED) is 0.329. The van der Waals surface area contributed by atoms with Gasteiger partial charge in [-0.15, -0.1) is 0 Å². The number of hydrogen-bond donors (Lipinski definition) is 1. The van der Waals surface area contributed by atoms with E-state index in [2.05, 4.69) is 40.4 Å². The monoisotopic (exact) mass is 496 g/mol. The SMILES string of the molecule is C=CCOC(=O)N1CCSCC1C1=C(C(=O)O)N2C(=O)[C@H]([C@@](C)(O[SiH](C)C)C(C)(C)C)[C@H]2C1. The second-order valence-electron chi connectivity index (χ2n) is 10.3. The summed E-state index contributed by atoms with van der Waals surface area (Å²) >= 11 is 1.67. The first-order valence-electron chi connectivity index (χ1n) is 11.4. The smallest absolute Gasteiger partial charge is 0.410 e. The maximum Gasteiger partial charge on any atom is 0.410 e. The van der Waals surface area contributed by atoms with Gasteiger partial charge >= 0.3 is 12.1 Å². The first-order valence-corrected chi connectivity index (χ1v) is 15.4. The average molecular weight is 497 g/mol. The number of thioether (sulfide) groups is 1. The standard InChI is InChI=1S/C23H36N2O6SSi/c1-8-10-30-21(29)24-9-11-32-13-16(24)14-12-15-17(19(26)25(15)18(14)20(27)28)23(5,22(2,3)4)31-33(6)7/h8,15-17,33H,1,9-13H2,2-7H3,(H,27,28)/t15-,16?,17-,23-/m1/s1. The second kappa shape index (κ2) is 9.46. The van der Waals surface area contributed by atoms with Crippen molar-refractivity contribution in [2.24, 2.45) is 11.3 Å². The summed E-state index contributed by atoms with van der Waals surface area (Å²) in [4.78, 5) is 41.5. The number of β-lactam (4-membered cyclic amide) rings is 1. The molecule has 0 aromatic carbocycles. The number of carbonyl (C=O) groups excluding carboxylic acids is 2. The summed E-state index contributed by atoms with van der Waals surface area (Å²) in [6.07, 6.45) is 1.44. The summed E-state index contributed by atoms with van der Waals surface area (Å²) < 4.78 is 11.8.